The van der Waals surface area contributed by atoms with Crippen molar-refractivity contribution in [2.24, 2.45) is 0 Å². The van der Waals surface area contributed by atoms with E-state index in [9.17, 15) is 15.0 Å². The average molecular weight is 554 g/mol. The third-order valence-electron chi connectivity index (χ3n) is 7.33. The number of carbonyl (C=O) groups excluding carboxylic acids is 1. The van der Waals surface area contributed by atoms with Gasteiger partial charge < -0.3 is 29.7 Å². The maximum Gasteiger partial charge on any atom is 0.217 e. The van der Waals surface area contributed by atoms with Crippen molar-refractivity contribution in [2.75, 3.05) is 6.61 Å². The van der Waals surface area contributed by atoms with Crippen LogP contribution in [-0.4, -0.2) is 53.4 Å². The van der Waals surface area contributed by atoms with Crippen LogP contribution < -0.4 is 5.32 Å². The van der Waals surface area contributed by atoms with Crippen LogP contribution in [0.4, 0.5) is 0 Å². The number of ether oxygens (including phenoxy) is 3. The average Bonchev–Trinajstić information content (AvgIpc) is 3.02. The van der Waals surface area contributed by atoms with E-state index in [0.29, 0.717) is 0 Å². The van der Waals surface area contributed by atoms with E-state index in [4.69, 9.17) is 14.2 Å². The van der Waals surface area contributed by atoms with Crippen LogP contribution >= 0.6 is 0 Å². The third kappa shape index (κ3) is 6.40. The summed E-state index contributed by atoms with van der Waals surface area (Å²) in [5.41, 5.74) is 2.57. The van der Waals surface area contributed by atoms with Gasteiger partial charge in [0.2, 0.25) is 5.91 Å². The van der Waals surface area contributed by atoms with Crippen LogP contribution in [0.25, 0.3) is 0 Å². The number of hydrogen-bond acceptors (Lipinski definition) is 6. The Morgan fingerprint density at radius 3 is 1.68 bits per heavy atom. The van der Waals surface area contributed by atoms with Crippen molar-refractivity contribution in [3.8, 4) is 0 Å². The van der Waals surface area contributed by atoms with Crippen molar-refractivity contribution >= 4 is 5.91 Å². The summed E-state index contributed by atoms with van der Waals surface area (Å²) in [5, 5.41) is 25.0. The molecular formula is C34H35NO6. The molecule has 0 bridgehead atoms. The zero-order chi connectivity index (χ0) is 28.7. The van der Waals surface area contributed by atoms with Crippen molar-refractivity contribution in [1.82, 2.24) is 5.32 Å². The minimum absolute atomic E-state index is 0.0745. The highest BCUT2D eigenvalue weighted by Crippen LogP contribution is 2.41. The number of rotatable bonds is 10. The Hall–Kier alpha value is -3.85. The summed E-state index contributed by atoms with van der Waals surface area (Å²) in [5.74, 6) is -0.371. The topological polar surface area (TPSA) is 97.3 Å². The lowest BCUT2D eigenvalue weighted by Crippen LogP contribution is -2.64. The summed E-state index contributed by atoms with van der Waals surface area (Å²) >= 11 is 0. The van der Waals surface area contributed by atoms with Gasteiger partial charge >= 0.3 is 0 Å². The monoisotopic (exact) mass is 553 g/mol. The van der Waals surface area contributed by atoms with Gasteiger partial charge in [0, 0.05) is 6.92 Å². The van der Waals surface area contributed by atoms with Gasteiger partial charge in [0.15, 0.2) is 6.29 Å². The fraction of sp³-hybridized carbons (Fsp3) is 0.265. The van der Waals surface area contributed by atoms with Crippen molar-refractivity contribution in [3.05, 3.63) is 144 Å². The molecule has 0 spiro atoms. The molecule has 0 aromatic heterocycles. The molecule has 1 aliphatic heterocycles. The van der Waals surface area contributed by atoms with Crippen molar-refractivity contribution < 1.29 is 29.2 Å². The van der Waals surface area contributed by atoms with E-state index in [1.54, 1.807) is 0 Å². The lowest BCUT2D eigenvalue weighted by atomic mass is 9.80. The van der Waals surface area contributed by atoms with Gasteiger partial charge in [-0.2, -0.15) is 0 Å². The van der Waals surface area contributed by atoms with Crippen LogP contribution in [0.5, 0.6) is 0 Å². The molecule has 1 fully saturated rings. The van der Waals surface area contributed by atoms with E-state index in [2.05, 4.69) is 5.32 Å². The molecule has 1 amide bonds. The Morgan fingerprint density at radius 1 is 0.756 bits per heavy atom. The Kier molecular flexibility index (Phi) is 9.24. The second kappa shape index (κ2) is 13.2. The SMILES string of the molecule is CC(=O)N[C@@H]1[C@H](OCc2ccccc2)O[C@H](COC(c2ccccc2)(c2ccccc2)c2ccccc2)[C@H](O)[C@H]1O. The molecule has 41 heavy (non-hydrogen) atoms. The van der Waals surface area contributed by atoms with E-state index in [-0.39, 0.29) is 19.1 Å². The van der Waals surface area contributed by atoms with Crippen molar-refractivity contribution in [2.45, 2.75) is 49.8 Å². The van der Waals surface area contributed by atoms with Crippen molar-refractivity contribution in [3.63, 3.8) is 0 Å². The molecule has 1 aliphatic rings. The molecule has 7 nitrogen and oxygen atoms in total. The Morgan fingerprint density at radius 2 is 1.22 bits per heavy atom. The minimum Gasteiger partial charge on any atom is -0.388 e. The summed E-state index contributed by atoms with van der Waals surface area (Å²) in [6.07, 6.45) is -4.66. The van der Waals surface area contributed by atoms with Crippen LogP contribution in [0.1, 0.15) is 29.2 Å². The van der Waals surface area contributed by atoms with Crippen LogP contribution in [-0.2, 0) is 31.2 Å². The summed E-state index contributed by atoms with van der Waals surface area (Å²) in [4.78, 5) is 12.0. The summed E-state index contributed by atoms with van der Waals surface area (Å²) in [7, 11) is 0. The third-order valence-corrected chi connectivity index (χ3v) is 7.33. The first-order valence-electron chi connectivity index (χ1n) is 13.7. The molecule has 0 unspecified atom stereocenters. The first-order chi connectivity index (χ1) is 20.0. The van der Waals surface area contributed by atoms with Gasteiger partial charge in [0.05, 0.1) is 13.2 Å². The molecule has 4 aromatic rings. The van der Waals surface area contributed by atoms with Gasteiger partial charge in [-0.15, -0.1) is 0 Å². The maximum absolute atomic E-state index is 12.0. The molecule has 5 rings (SSSR count). The second-order valence-corrected chi connectivity index (χ2v) is 10.1. The normalized spacial score (nSPS) is 22.7. The van der Waals surface area contributed by atoms with Gasteiger partial charge in [0.25, 0.3) is 0 Å². The predicted molar refractivity (Wildman–Crippen MR) is 155 cm³/mol. The van der Waals surface area contributed by atoms with Gasteiger partial charge in [-0.1, -0.05) is 121 Å². The molecular weight excluding hydrogens is 518 g/mol. The van der Waals surface area contributed by atoms with E-state index < -0.39 is 36.2 Å². The van der Waals surface area contributed by atoms with E-state index in [1.807, 2.05) is 121 Å². The number of carbonyl (C=O) groups is 1. The first-order valence-corrected chi connectivity index (χ1v) is 13.7. The molecule has 5 atom stereocenters. The fourth-order valence-electron chi connectivity index (χ4n) is 5.33. The lowest BCUT2D eigenvalue weighted by molar-refractivity contribution is -0.279. The van der Waals surface area contributed by atoms with Crippen LogP contribution in [0.3, 0.4) is 0 Å². The predicted octanol–water partition coefficient (Wildman–Crippen LogP) is 4.16. The van der Waals surface area contributed by atoms with Gasteiger partial charge in [-0.05, 0) is 22.3 Å². The number of nitrogens with one attached hydrogen (secondary N) is 1. The highest BCUT2D eigenvalue weighted by atomic mass is 16.7. The van der Waals surface area contributed by atoms with Crippen LogP contribution in [0.15, 0.2) is 121 Å². The smallest absolute Gasteiger partial charge is 0.217 e. The highest BCUT2D eigenvalue weighted by molar-refractivity contribution is 5.73. The van der Waals surface area contributed by atoms with Crippen LogP contribution in [0, 0.1) is 0 Å². The summed E-state index contributed by atoms with van der Waals surface area (Å²) in [6.45, 7) is 1.46. The Balaban J connectivity index is 1.47. The number of amides is 1. The van der Waals surface area contributed by atoms with Gasteiger partial charge in [-0.3, -0.25) is 4.79 Å². The van der Waals surface area contributed by atoms with E-state index in [1.165, 1.54) is 6.92 Å². The first kappa shape index (κ1) is 28.7. The molecule has 1 saturated heterocycles. The fourth-order valence-corrected chi connectivity index (χ4v) is 5.33. The summed E-state index contributed by atoms with van der Waals surface area (Å²) < 4.78 is 19.1. The Bertz CT molecular complexity index is 1270. The zero-order valence-corrected chi connectivity index (χ0v) is 22.9. The quantitative estimate of drug-likeness (QED) is 0.255. The molecule has 4 aromatic carbocycles. The number of benzene rings is 4. The van der Waals surface area contributed by atoms with Gasteiger partial charge in [-0.25, -0.2) is 0 Å². The van der Waals surface area contributed by atoms with Crippen molar-refractivity contribution in [1.29, 1.82) is 0 Å². The maximum atomic E-state index is 12.0. The van der Waals surface area contributed by atoms with Crippen LogP contribution in [0.2, 0.25) is 0 Å². The second-order valence-electron chi connectivity index (χ2n) is 10.1. The standard InChI is InChI=1S/C34H35NO6/c1-24(36)35-30-32(38)31(37)29(41-33(30)39-22-25-14-6-2-7-15-25)23-40-34(26-16-8-3-9-17-26,27-18-10-4-11-19-27)28-20-12-5-13-21-28/h2-21,29-33,37-38H,22-23H2,1H3,(H,35,36)/t29-,30+,31+,32+,33-/m1/s1. The largest absolute Gasteiger partial charge is 0.388 e. The molecule has 3 N–H and O–H groups in total. The highest BCUT2D eigenvalue weighted by Gasteiger charge is 2.47. The van der Waals surface area contributed by atoms with E-state index in [0.717, 1.165) is 22.3 Å². The number of aliphatic hydroxyl groups excluding tert-OH is 2. The molecule has 0 aliphatic carbocycles. The molecule has 0 radical (unpaired) electrons. The minimum atomic E-state index is -1.35. The number of aliphatic hydroxyl groups is 2. The summed E-state index contributed by atoms with van der Waals surface area (Å²) in [6, 6.07) is 38.2. The lowest BCUT2D eigenvalue weighted by Gasteiger charge is -2.44. The zero-order valence-electron chi connectivity index (χ0n) is 22.9. The molecule has 1 heterocycles. The number of hydrogen-bond donors (Lipinski definition) is 3. The molecule has 212 valence electrons. The molecule has 0 saturated carbocycles. The van der Waals surface area contributed by atoms with Gasteiger partial charge in [0.1, 0.15) is 30.0 Å². The van der Waals surface area contributed by atoms with E-state index >= 15 is 0 Å². The molecule has 7 heteroatoms. The Labute approximate surface area is 240 Å².